The Bertz CT molecular complexity index is 187. The molecule has 1 fully saturated rings. The third-order valence-corrected chi connectivity index (χ3v) is 4.38. The van der Waals surface area contributed by atoms with Crippen LogP contribution in [0.5, 0.6) is 0 Å². The molecule has 16 heavy (non-hydrogen) atoms. The Balaban J connectivity index is 2.49. The molecule has 1 saturated carbocycles. The molecular weight excluding hydrogens is 198 g/mol. The van der Waals surface area contributed by atoms with E-state index < -0.39 is 0 Å². The third kappa shape index (κ3) is 3.74. The van der Waals surface area contributed by atoms with Crippen molar-refractivity contribution in [3.8, 4) is 0 Å². The minimum Gasteiger partial charge on any atom is -0.385 e. The highest BCUT2D eigenvalue weighted by Crippen LogP contribution is 2.33. The summed E-state index contributed by atoms with van der Waals surface area (Å²) >= 11 is 0. The van der Waals surface area contributed by atoms with E-state index in [9.17, 15) is 0 Å². The predicted molar refractivity (Wildman–Crippen MR) is 69.7 cm³/mol. The van der Waals surface area contributed by atoms with Crippen molar-refractivity contribution in [1.29, 1.82) is 0 Å². The lowest BCUT2D eigenvalue weighted by Crippen LogP contribution is -2.50. The molecule has 2 atom stereocenters. The summed E-state index contributed by atoms with van der Waals surface area (Å²) in [6.07, 6.45) is 7.85. The largest absolute Gasteiger partial charge is 0.385 e. The standard InChI is InChI=1S/C14H29NO/c1-5-12(2)13(3)15-14(10-11-16-4)8-6-7-9-14/h12-13,15H,5-11H2,1-4H3. The van der Waals surface area contributed by atoms with Gasteiger partial charge in [0.15, 0.2) is 0 Å². The maximum atomic E-state index is 5.26. The number of rotatable bonds is 7. The van der Waals surface area contributed by atoms with E-state index in [0.717, 1.165) is 12.5 Å². The monoisotopic (exact) mass is 227 g/mol. The molecule has 0 spiro atoms. The molecule has 1 aliphatic rings. The van der Waals surface area contributed by atoms with Gasteiger partial charge < -0.3 is 10.1 Å². The minimum absolute atomic E-state index is 0.374. The van der Waals surface area contributed by atoms with Crippen LogP contribution in [0.2, 0.25) is 0 Å². The van der Waals surface area contributed by atoms with Gasteiger partial charge in [0.05, 0.1) is 0 Å². The quantitative estimate of drug-likeness (QED) is 0.720. The van der Waals surface area contributed by atoms with Gasteiger partial charge in [-0.3, -0.25) is 0 Å². The topological polar surface area (TPSA) is 21.3 Å². The Morgan fingerprint density at radius 1 is 1.25 bits per heavy atom. The van der Waals surface area contributed by atoms with Crippen LogP contribution in [-0.2, 0) is 4.74 Å². The second-order valence-corrected chi connectivity index (χ2v) is 5.55. The smallest absolute Gasteiger partial charge is 0.0479 e. The lowest BCUT2D eigenvalue weighted by Gasteiger charge is -2.36. The van der Waals surface area contributed by atoms with Crippen LogP contribution in [0.25, 0.3) is 0 Å². The number of hydrogen-bond donors (Lipinski definition) is 1. The molecule has 0 bridgehead atoms. The van der Waals surface area contributed by atoms with E-state index in [1.54, 1.807) is 7.11 Å². The van der Waals surface area contributed by atoms with Crippen LogP contribution in [0.4, 0.5) is 0 Å². The van der Waals surface area contributed by atoms with Crippen LogP contribution in [0.15, 0.2) is 0 Å². The number of hydrogen-bond acceptors (Lipinski definition) is 2. The normalized spacial score (nSPS) is 23.2. The first-order valence-electron chi connectivity index (χ1n) is 6.90. The molecule has 0 saturated heterocycles. The molecule has 0 amide bonds. The summed E-state index contributed by atoms with van der Waals surface area (Å²) in [5.41, 5.74) is 0.374. The van der Waals surface area contributed by atoms with Crippen LogP contribution >= 0.6 is 0 Å². The van der Waals surface area contributed by atoms with Crippen LogP contribution < -0.4 is 5.32 Å². The van der Waals surface area contributed by atoms with Crippen molar-refractivity contribution in [3.05, 3.63) is 0 Å². The van der Waals surface area contributed by atoms with E-state index in [1.165, 1.54) is 38.5 Å². The zero-order chi connectivity index (χ0) is 12.0. The molecule has 0 aromatic heterocycles. The number of methoxy groups -OCH3 is 1. The van der Waals surface area contributed by atoms with Gasteiger partial charge in [-0.05, 0) is 32.1 Å². The molecule has 0 aromatic carbocycles. The maximum Gasteiger partial charge on any atom is 0.0479 e. The minimum atomic E-state index is 0.374. The molecule has 1 rings (SSSR count). The van der Waals surface area contributed by atoms with Gasteiger partial charge in [0.1, 0.15) is 0 Å². The van der Waals surface area contributed by atoms with Gasteiger partial charge in [-0.25, -0.2) is 0 Å². The van der Waals surface area contributed by atoms with E-state index in [-0.39, 0.29) is 0 Å². The second kappa shape index (κ2) is 6.61. The summed E-state index contributed by atoms with van der Waals surface area (Å²) in [7, 11) is 1.81. The highest BCUT2D eigenvalue weighted by molar-refractivity contribution is 4.94. The number of nitrogens with one attached hydrogen (secondary N) is 1. The molecule has 0 heterocycles. The average molecular weight is 227 g/mol. The van der Waals surface area contributed by atoms with Crippen LogP contribution in [0, 0.1) is 5.92 Å². The molecule has 2 heteroatoms. The summed E-state index contributed by atoms with van der Waals surface area (Å²) in [6.45, 7) is 7.84. The molecule has 2 nitrogen and oxygen atoms in total. The van der Waals surface area contributed by atoms with Crippen LogP contribution in [0.3, 0.4) is 0 Å². The van der Waals surface area contributed by atoms with Crippen molar-refractivity contribution in [3.63, 3.8) is 0 Å². The van der Waals surface area contributed by atoms with Crippen LogP contribution in [-0.4, -0.2) is 25.3 Å². The van der Waals surface area contributed by atoms with Gasteiger partial charge in [-0.2, -0.15) is 0 Å². The molecule has 0 aliphatic heterocycles. The summed E-state index contributed by atoms with van der Waals surface area (Å²) < 4.78 is 5.26. The molecule has 0 aromatic rings. The molecular formula is C14H29NO. The summed E-state index contributed by atoms with van der Waals surface area (Å²) in [6, 6.07) is 0.625. The van der Waals surface area contributed by atoms with Crippen molar-refractivity contribution >= 4 is 0 Å². The summed E-state index contributed by atoms with van der Waals surface area (Å²) in [5.74, 6) is 0.764. The van der Waals surface area contributed by atoms with Gasteiger partial charge >= 0.3 is 0 Å². The third-order valence-electron chi connectivity index (χ3n) is 4.38. The fourth-order valence-electron chi connectivity index (χ4n) is 2.79. The van der Waals surface area contributed by atoms with Crippen LogP contribution in [0.1, 0.15) is 59.3 Å². The Kier molecular flexibility index (Phi) is 5.77. The van der Waals surface area contributed by atoms with Gasteiger partial charge in [-0.15, -0.1) is 0 Å². The Morgan fingerprint density at radius 2 is 1.88 bits per heavy atom. The SMILES string of the molecule is CCC(C)C(C)NC1(CCOC)CCCC1. The summed E-state index contributed by atoms with van der Waals surface area (Å²) in [4.78, 5) is 0. The fourth-order valence-corrected chi connectivity index (χ4v) is 2.79. The highest BCUT2D eigenvalue weighted by atomic mass is 16.5. The molecule has 96 valence electrons. The van der Waals surface area contributed by atoms with Crippen molar-refractivity contribution in [1.82, 2.24) is 5.32 Å². The Labute approximate surface area is 101 Å². The zero-order valence-corrected chi connectivity index (χ0v) is 11.5. The molecule has 0 radical (unpaired) electrons. The fraction of sp³-hybridized carbons (Fsp3) is 1.00. The first-order valence-corrected chi connectivity index (χ1v) is 6.90. The zero-order valence-electron chi connectivity index (χ0n) is 11.5. The molecule has 1 N–H and O–H groups in total. The Hall–Kier alpha value is -0.0800. The van der Waals surface area contributed by atoms with E-state index in [4.69, 9.17) is 4.74 Å². The lowest BCUT2D eigenvalue weighted by molar-refractivity contribution is 0.143. The first-order chi connectivity index (χ1) is 7.63. The van der Waals surface area contributed by atoms with Crippen molar-refractivity contribution < 1.29 is 4.74 Å². The molecule has 1 aliphatic carbocycles. The van der Waals surface area contributed by atoms with Crippen molar-refractivity contribution in [2.45, 2.75) is 70.9 Å². The average Bonchev–Trinajstić information content (AvgIpc) is 2.74. The van der Waals surface area contributed by atoms with Gasteiger partial charge in [0.2, 0.25) is 0 Å². The van der Waals surface area contributed by atoms with E-state index in [2.05, 4.69) is 26.1 Å². The lowest BCUT2D eigenvalue weighted by atomic mass is 9.90. The van der Waals surface area contributed by atoms with E-state index in [0.29, 0.717) is 11.6 Å². The predicted octanol–water partition coefficient (Wildman–Crippen LogP) is 3.36. The highest BCUT2D eigenvalue weighted by Gasteiger charge is 2.34. The number of ether oxygens (including phenoxy) is 1. The second-order valence-electron chi connectivity index (χ2n) is 5.55. The Morgan fingerprint density at radius 3 is 2.38 bits per heavy atom. The van der Waals surface area contributed by atoms with Gasteiger partial charge in [0, 0.05) is 25.3 Å². The van der Waals surface area contributed by atoms with E-state index >= 15 is 0 Å². The van der Waals surface area contributed by atoms with Crippen molar-refractivity contribution in [2.75, 3.05) is 13.7 Å². The maximum absolute atomic E-state index is 5.26. The first kappa shape index (κ1) is 14.0. The van der Waals surface area contributed by atoms with Gasteiger partial charge in [0.25, 0.3) is 0 Å². The van der Waals surface area contributed by atoms with Crippen molar-refractivity contribution in [2.24, 2.45) is 5.92 Å². The molecule has 2 unspecified atom stereocenters. The van der Waals surface area contributed by atoms with E-state index in [1.807, 2.05) is 0 Å². The van der Waals surface area contributed by atoms with Gasteiger partial charge in [-0.1, -0.05) is 33.1 Å². The summed E-state index contributed by atoms with van der Waals surface area (Å²) in [5, 5.41) is 3.90.